The van der Waals surface area contributed by atoms with E-state index in [0.29, 0.717) is 6.42 Å². The maximum Gasteiger partial charge on any atom is 0.225 e. The largest absolute Gasteiger partial charge is 0.325 e. The molecule has 23 heavy (non-hydrogen) atoms. The molecule has 1 amide bonds. The fourth-order valence-corrected chi connectivity index (χ4v) is 4.21. The van der Waals surface area contributed by atoms with E-state index < -0.39 is 0 Å². The minimum absolute atomic E-state index is 0.00223. The third-order valence-corrected chi connectivity index (χ3v) is 5.22. The second-order valence-corrected chi connectivity index (χ2v) is 6.53. The van der Waals surface area contributed by atoms with E-state index in [-0.39, 0.29) is 17.6 Å². The first-order valence-electron chi connectivity index (χ1n) is 7.44. The Morgan fingerprint density at radius 3 is 2.70 bits per heavy atom. The lowest BCUT2D eigenvalue weighted by Crippen LogP contribution is -2.22. The molecule has 0 spiro atoms. The monoisotopic (exact) mass is 323 g/mol. The first-order valence-corrected chi connectivity index (χ1v) is 8.32. The van der Waals surface area contributed by atoms with Crippen LogP contribution in [0.5, 0.6) is 0 Å². The number of anilines is 1. The Kier molecular flexibility index (Phi) is 3.46. The molecule has 0 saturated carbocycles. The summed E-state index contributed by atoms with van der Waals surface area (Å²) in [6, 6.07) is 16.5. The number of halogens is 1. The van der Waals surface area contributed by atoms with Crippen LogP contribution in [0.15, 0.2) is 60.0 Å². The molecule has 2 aromatic carbocycles. The zero-order valence-electron chi connectivity index (χ0n) is 12.3. The molecule has 0 saturated heterocycles. The molecule has 114 valence electrons. The van der Waals surface area contributed by atoms with Crippen LogP contribution in [-0.4, -0.2) is 5.91 Å². The molecule has 2 nitrogen and oxygen atoms in total. The molecule has 1 unspecified atom stereocenters. The van der Waals surface area contributed by atoms with Crippen LogP contribution in [0.1, 0.15) is 22.8 Å². The molecule has 4 rings (SSSR count). The fraction of sp³-hybridized carbons (Fsp3) is 0.105. The lowest BCUT2D eigenvalue weighted by atomic mass is 9.89. The van der Waals surface area contributed by atoms with E-state index in [1.165, 1.54) is 12.1 Å². The Bertz CT molecular complexity index is 872. The summed E-state index contributed by atoms with van der Waals surface area (Å²) in [5, 5.41) is 4.98. The standard InChI is InChI=1S/C19H14FNOS/c20-14-8-4-7-13(9-14)16-11-23-19-15(10-17(22)21-18(16)19)12-5-2-1-3-6-12/h1-9,11,15H,10H2,(H,21,22). The smallest absolute Gasteiger partial charge is 0.225 e. The lowest BCUT2D eigenvalue weighted by Gasteiger charge is -2.24. The van der Waals surface area contributed by atoms with Gasteiger partial charge in [-0.05, 0) is 23.3 Å². The molecule has 1 aromatic heterocycles. The zero-order chi connectivity index (χ0) is 15.8. The van der Waals surface area contributed by atoms with Gasteiger partial charge in [-0.2, -0.15) is 0 Å². The molecule has 3 aromatic rings. The second kappa shape index (κ2) is 5.63. The summed E-state index contributed by atoms with van der Waals surface area (Å²) in [4.78, 5) is 13.3. The average Bonchev–Trinajstić information content (AvgIpc) is 2.98. The number of nitrogens with one attached hydrogen (secondary N) is 1. The predicted molar refractivity (Wildman–Crippen MR) is 91.2 cm³/mol. The van der Waals surface area contributed by atoms with Crippen LogP contribution < -0.4 is 5.32 Å². The van der Waals surface area contributed by atoms with Crippen molar-refractivity contribution in [2.24, 2.45) is 0 Å². The van der Waals surface area contributed by atoms with Gasteiger partial charge in [0.25, 0.3) is 0 Å². The van der Waals surface area contributed by atoms with Crippen molar-refractivity contribution in [3.63, 3.8) is 0 Å². The number of hydrogen-bond acceptors (Lipinski definition) is 2. The fourth-order valence-electron chi connectivity index (χ4n) is 3.05. The number of benzene rings is 2. The van der Waals surface area contributed by atoms with Crippen LogP contribution >= 0.6 is 11.3 Å². The van der Waals surface area contributed by atoms with E-state index in [9.17, 15) is 9.18 Å². The number of thiophene rings is 1. The van der Waals surface area contributed by atoms with Crippen LogP contribution in [-0.2, 0) is 4.79 Å². The maximum absolute atomic E-state index is 13.5. The molecule has 1 atom stereocenters. The summed E-state index contributed by atoms with van der Waals surface area (Å²) in [6.45, 7) is 0. The van der Waals surface area contributed by atoms with Crippen LogP contribution in [0.25, 0.3) is 11.1 Å². The summed E-state index contributed by atoms with van der Waals surface area (Å²) in [5.74, 6) is -0.209. The highest BCUT2D eigenvalue weighted by atomic mass is 32.1. The van der Waals surface area contributed by atoms with E-state index in [4.69, 9.17) is 0 Å². The zero-order valence-corrected chi connectivity index (χ0v) is 13.1. The van der Waals surface area contributed by atoms with E-state index in [2.05, 4.69) is 17.4 Å². The summed E-state index contributed by atoms with van der Waals surface area (Å²) >= 11 is 1.62. The SMILES string of the molecule is O=C1CC(c2ccccc2)c2scc(-c3cccc(F)c3)c2N1. The number of hydrogen-bond donors (Lipinski definition) is 1. The highest BCUT2D eigenvalue weighted by Crippen LogP contribution is 2.46. The van der Waals surface area contributed by atoms with Crippen LogP contribution in [0.4, 0.5) is 10.1 Å². The molecular formula is C19H14FNOS. The molecule has 0 aliphatic carbocycles. The highest BCUT2D eigenvalue weighted by molar-refractivity contribution is 7.11. The molecule has 0 fully saturated rings. The van der Waals surface area contributed by atoms with E-state index in [1.54, 1.807) is 17.4 Å². The molecule has 1 N–H and O–H groups in total. The van der Waals surface area contributed by atoms with Crippen molar-refractivity contribution in [1.82, 2.24) is 0 Å². The summed E-state index contributed by atoms with van der Waals surface area (Å²) in [6.07, 6.45) is 0.445. The molecule has 1 aliphatic heterocycles. The Morgan fingerprint density at radius 1 is 1.09 bits per heavy atom. The molecule has 4 heteroatoms. The molecule has 2 heterocycles. The quantitative estimate of drug-likeness (QED) is 0.704. The average molecular weight is 323 g/mol. The minimum Gasteiger partial charge on any atom is -0.325 e. The Hall–Kier alpha value is -2.46. The van der Waals surface area contributed by atoms with Gasteiger partial charge in [0.2, 0.25) is 5.91 Å². The minimum atomic E-state index is -0.274. The van der Waals surface area contributed by atoms with Gasteiger partial charge >= 0.3 is 0 Å². The van der Waals surface area contributed by atoms with Crippen molar-refractivity contribution in [1.29, 1.82) is 0 Å². The van der Waals surface area contributed by atoms with Crippen LogP contribution in [0.3, 0.4) is 0 Å². The van der Waals surface area contributed by atoms with Gasteiger partial charge in [-0.3, -0.25) is 4.79 Å². The van der Waals surface area contributed by atoms with Gasteiger partial charge in [-0.15, -0.1) is 11.3 Å². The molecule has 1 aliphatic rings. The van der Waals surface area contributed by atoms with Crippen LogP contribution in [0, 0.1) is 5.82 Å². The highest BCUT2D eigenvalue weighted by Gasteiger charge is 2.30. The molecule has 0 radical (unpaired) electrons. The van der Waals surface area contributed by atoms with Gasteiger partial charge in [0.15, 0.2) is 0 Å². The first kappa shape index (κ1) is 14.2. The maximum atomic E-state index is 13.5. The normalized spacial score (nSPS) is 16.7. The topological polar surface area (TPSA) is 29.1 Å². The number of amides is 1. The van der Waals surface area contributed by atoms with Crippen molar-refractivity contribution < 1.29 is 9.18 Å². The Labute approximate surface area is 137 Å². The van der Waals surface area contributed by atoms with Gasteiger partial charge in [-0.25, -0.2) is 4.39 Å². The third-order valence-electron chi connectivity index (χ3n) is 4.13. The van der Waals surface area contributed by atoms with Crippen molar-refractivity contribution in [3.8, 4) is 11.1 Å². The second-order valence-electron chi connectivity index (χ2n) is 5.61. The number of carbonyl (C=O) groups excluding carboxylic acids is 1. The van der Waals surface area contributed by atoms with Gasteiger partial charge in [0.05, 0.1) is 5.69 Å². The van der Waals surface area contributed by atoms with Crippen molar-refractivity contribution in [2.45, 2.75) is 12.3 Å². The van der Waals surface area contributed by atoms with Crippen molar-refractivity contribution in [3.05, 3.63) is 76.2 Å². The van der Waals surface area contributed by atoms with E-state index in [0.717, 1.165) is 27.3 Å². The number of rotatable bonds is 2. The molecular weight excluding hydrogens is 309 g/mol. The number of fused-ring (bicyclic) bond motifs is 1. The summed E-state index contributed by atoms with van der Waals surface area (Å²) in [5.41, 5.74) is 3.64. The van der Waals surface area contributed by atoms with Gasteiger partial charge in [0.1, 0.15) is 5.82 Å². The van der Waals surface area contributed by atoms with Gasteiger partial charge in [-0.1, -0.05) is 42.5 Å². The first-order chi connectivity index (χ1) is 11.2. The van der Waals surface area contributed by atoms with Gasteiger partial charge < -0.3 is 5.32 Å². The predicted octanol–water partition coefficient (Wildman–Crippen LogP) is 5.03. The molecule has 0 bridgehead atoms. The van der Waals surface area contributed by atoms with Crippen molar-refractivity contribution in [2.75, 3.05) is 5.32 Å². The van der Waals surface area contributed by atoms with Gasteiger partial charge in [0, 0.05) is 28.2 Å². The lowest BCUT2D eigenvalue weighted by molar-refractivity contribution is -0.116. The Balaban J connectivity index is 1.83. The summed E-state index contributed by atoms with van der Waals surface area (Å²) < 4.78 is 13.5. The van der Waals surface area contributed by atoms with E-state index >= 15 is 0 Å². The van der Waals surface area contributed by atoms with Crippen molar-refractivity contribution >= 4 is 22.9 Å². The number of carbonyl (C=O) groups is 1. The summed E-state index contributed by atoms with van der Waals surface area (Å²) in [7, 11) is 0. The van der Waals surface area contributed by atoms with E-state index in [1.807, 2.05) is 29.6 Å². The van der Waals surface area contributed by atoms with Crippen LogP contribution in [0.2, 0.25) is 0 Å². The third kappa shape index (κ3) is 2.55. The Morgan fingerprint density at radius 2 is 1.91 bits per heavy atom.